The van der Waals surface area contributed by atoms with Crippen LogP contribution >= 0.6 is 0 Å². The lowest BCUT2D eigenvalue weighted by molar-refractivity contribution is -0.118. The van der Waals surface area contributed by atoms with Gasteiger partial charge in [0.25, 0.3) is 5.91 Å². The summed E-state index contributed by atoms with van der Waals surface area (Å²) in [6, 6.07) is 12.6. The Kier molecular flexibility index (Phi) is 4.57. The summed E-state index contributed by atoms with van der Waals surface area (Å²) in [5.41, 5.74) is 4.09. The molecule has 0 unspecified atom stereocenters. The molecule has 0 spiro atoms. The van der Waals surface area contributed by atoms with E-state index in [2.05, 4.69) is 10.3 Å². The Morgan fingerprint density at radius 3 is 2.68 bits per heavy atom. The lowest BCUT2D eigenvalue weighted by Crippen LogP contribution is -2.20. The number of anilines is 1. The molecule has 3 rings (SSSR count). The van der Waals surface area contributed by atoms with Crippen molar-refractivity contribution in [2.24, 2.45) is 0 Å². The van der Waals surface area contributed by atoms with Gasteiger partial charge in [0, 0.05) is 28.4 Å². The second-order valence-electron chi connectivity index (χ2n) is 6.18. The zero-order chi connectivity index (χ0) is 18.0. The lowest BCUT2D eigenvalue weighted by Gasteiger charge is -2.11. The Morgan fingerprint density at radius 2 is 1.88 bits per heavy atom. The van der Waals surface area contributed by atoms with Crippen LogP contribution in [0.4, 0.5) is 5.69 Å². The van der Waals surface area contributed by atoms with Gasteiger partial charge in [0.1, 0.15) is 5.75 Å². The number of aromatic amines is 1. The van der Waals surface area contributed by atoms with Crippen molar-refractivity contribution in [3.05, 3.63) is 69.5 Å². The zero-order valence-electron chi connectivity index (χ0n) is 14.5. The second kappa shape index (κ2) is 6.81. The fourth-order valence-corrected chi connectivity index (χ4v) is 2.66. The largest absolute Gasteiger partial charge is 0.483 e. The maximum Gasteiger partial charge on any atom is 0.262 e. The first-order chi connectivity index (χ1) is 11.9. The molecule has 0 radical (unpaired) electrons. The monoisotopic (exact) mass is 336 g/mol. The molecule has 0 saturated carbocycles. The maximum atomic E-state index is 12.1. The molecule has 0 aliphatic carbocycles. The third kappa shape index (κ3) is 3.88. The van der Waals surface area contributed by atoms with Crippen molar-refractivity contribution in [1.29, 1.82) is 0 Å². The minimum Gasteiger partial charge on any atom is -0.483 e. The summed E-state index contributed by atoms with van der Waals surface area (Å²) in [5, 5.41) is 3.30. The Morgan fingerprint density at radius 1 is 1.08 bits per heavy atom. The Balaban J connectivity index is 1.71. The van der Waals surface area contributed by atoms with Crippen molar-refractivity contribution in [2.45, 2.75) is 20.8 Å². The van der Waals surface area contributed by atoms with Crippen LogP contribution in [0.15, 0.2) is 47.3 Å². The normalized spacial score (nSPS) is 10.7. The van der Waals surface area contributed by atoms with E-state index in [-0.39, 0.29) is 17.9 Å². The standard InChI is InChI=1S/C20H20N2O3/c1-12-4-5-13(2)19(8-12)25-11-20(24)22-15-6-7-17-16(10-15)18(23)9-14(3)21-17/h4-10H,11H2,1-3H3,(H,21,23)(H,22,24). The summed E-state index contributed by atoms with van der Waals surface area (Å²) in [7, 11) is 0. The summed E-state index contributed by atoms with van der Waals surface area (Å²) in [6.07, 6.45) is 0. The van der Waals surface area contributed by atoms with Crippen LogP contribution in [0.1, 0.15) is 16.8 Å². The first-order valence-corrected chi connectivity index (χ1v) is 8.06. The Labute approximate surface area is 145 Å². The van der Waals surface area contributed by atoms with Crippen LogP contribution in [-0.2, 0) is 4.79 Å². The Hall–Kier alpha value is -3.08. The summed E-state index contributed by atoms with van der Waals surface area (Å²) in [4.78, 5) is 27.3. The summed E-state index contributed by atoms with van der Waals surface area (Å²) in [5.74, 6) is 0.421. The SMILES string of the molecule is Cc1ccc(C)c(OCC(=O)Nc2ccc3[nH]c(C)cc(=O)c3c2)c1. The molecule has 0 aliphatic heterocycles. The van der Waals surface area contributed by atoms with Gasteiger partial charge < -0.3 is 15.0 Å². The third-order valence-electron chi connectivity index (χ3n) is 3.95. The molecular weight excluding hydrogens is 316 g/mol. The van der Waals surface area contributed by atoms with Crippen LogP contribution in [-0.4, -0.2) is 17.5 Å². The number of carbonyl (C=O) groups excluding carboxylic acids is 1. The van der Waals surface area contributed by atoms with Gasteiger partial charge in [0.2, 0.25) is 0 Å². The number of aromatic nitrogens is 1. The molecule has 1 aromatic heterocycles. The molecule has 2 N–H and O–H groups in total. The molecule has 5 nitrogen and oxygen atoms in total. The van der Waals surface area contributed by atoms with E-state index >= 15 is 0 Å². The summed E-state index contributed by atoms with van der Waals surface area (Å²) < 4.78 is 5.60. The van der Waals surface area contributed by atoms with Gasteiger partial charge in [-0.2, -0.15) is 0 Å². The van der Waals surface area contributed by atoms with Gasteiger partial charge in [0.05, 0.1) is 0 Å². The number of aryl methyl sites for hydroxylation is 3. The van der Waals surface area contributed by atoms with E-state index in [0.717, 1.165) is 22.3 Å². The average molecular weight is 336 g/mol. The predicted molar refractivity (Wildman–Crippen MR) is 99.3 cm³/mol. The van der Waals surface area contributed by atoms with Crippen molar-refractivity contribution >= 4 is 22.5 Å². The highest BCUT2D eigenvalue weighted by atomic mass is 16.5. The van der Waals surface area contributed by atoms with Gasteiger partial charge >= 0.3 is 0 Å². The van der Waals surface area contributed by atoms with E-state index in [9.17, 15) is 9.59 Å². The number of rotatable bonds is 4. The molecule has 3 aromatic rings. The molecule has 1 heterocycles. The van der Waals surface area contributed by atoms with Gasteiger partial charge in [-0.15, -0.1) is 0 Å². The van der Waals surface area contributed by atoms with Gasteiger partial charge in [-0.25, -0.2) is 0 Å². The molecule has 128 valence electrons. The highest BCUT2D eigenvalue weighted by Gasteiger charge is 2.08. The molecule has 0 fully saturated rings. The molecule has 25 heavy (non-hydrogen) atoms. The van der Waals surface area contributed by atoms with Crippen LogP contribution < -0.4 is 15.5 Å². The number of amides is 1. The number of hydrogen-bond donors (Lipinski definition) is 2. The summed E-state index contributed by atoms with van der Waals surface area (Å²) >= 11 is 0. The number of pyridine rings is 1. The highest BCUT2D eigenvalue weighted by molar-refractivity contribution is 5.94. The van der Waals surface area contributed by atoms with Gasteiger partial charge in [-0.05, 0) is 56.2 Å². The predicted octanol–water partition coefficient (Wildman–Crippen LogP) is 3.47. The zero-order valence-corrected chi connectivity index (χ0v) is 14.5. The number of H-pyrrole nitrogens is 1. The molecule has 2 aromatic carbocycles. The smallest absolute Gasteiger partial charge is 0.262 e. The number of hydrogen-bond acceptors (Lipinski definition) is 3. The number of fused-ring (bicyclic) bond motifs is 1. The molecule has 1 amide bonds. The van der Waals surface area contributed by atoms with Gasteiger partial charge in [0.15, 0.2) is 12.0 Å². The fraction of sp³-hybridized carbons (Fsp3) is 0.200. The number of benzene rings is 2. The van der Waals surface area contributed by atoms with Crippen LogP contribution in [0.3, 0.4) is 0 Å². The second-order valence-corrected chi connectivity index (χ2v) is 6.18. The number of ether oxygens (including phenoxy) is 1. The highest BCUT2D eigenvalue weighted by Crippen LogP contribution is 2.19. The van der Waals surface area contributed by atoms with Crippen molar-refractivity contribution in [1.82, 2.24) is 4.98 Å². The topological polar surface area (TPSA) is 71.2 Å². The molecule has 5 heteroatoms. The molecule has 0 aliphatic rings. The van der Waals surface area contributed by atoms with Crippen LogP contribution in [0.5, 0.6) is 5.75 Å². The maximum absolute atomic E-state index is 12.1. The van der Waals surface area contributed by atoms with E-state index < -0.39 is 0 Å². The molecular formula is C20H20N2O3. The lowest BCUT2D eigenvalue weighted by atomic mass is 10.1. The van der Waals surface area contributed by atoms with Crippen molar-refractivity contribution in [3.8, 4) is 5.75 Å². The third-order valence-corrected chi connectivity index (χ3v) is 3.95. The summed E-state index contributed by atoms with van der Waals surface area (Å²) in [6.45, 7) is 5.65. The number of carbonyl (C=O) groups is 1. The molecule has 0 atom stereocenters. The van der Waals surface area contributed by atoms with Crippen LogP contribution in [0.2, 0.25) is 0 Å². The van der Waals surface area contributed by atoms with Crippen LogP contribution in [0, 0.1) is 20.8 Å². The van der Waals surface area contributed by atoms with Crippen molar-refractivity contribution < 1.29 is 9.53 Å². The average Bonchev–Trinajstić information content (AvgIpc) is 2.56. The van der Waals surface area contributed by atoms with E-state index in [1.165, 1.54) is 6.07 Å². The van der Waals surface area contributed by atoms with Gasteiger partial charge in [-0.3, -0.25) is 9.59 Å². The fourth-order valence-electron chi connectivity index (χ4n) is 2.66. The quantitative estimate of drug-likeness (QED) is 0.766. The van der Waals surface area contributed by atoms with E-state index in [0.29, 0.717) is 16.8 Å². The first kappa shape index (κ1) is 16.8. The van der Waals surface area contributed by atoms with Crippen LogP contribution in [0.25, 0.3) is 10.9 Å². The van der Waals surface area contributed by atoms with E-state index in [1.54, 1.807) is 18.2 Å². The number of nitrogens with one attached hydrogen (secondary N) is 2. The molecule has 0 saturated heterocycles. The first-order valence-electron chi connectivity index (χ1n) is 8.06. The minimum absolute atomic E-state index is 0.0750. The Bertz CT molecular complexity index is 1010. The van der Waals surface area contributed by atoms with E-state index in [1.807, 2.05) is 39.0 Å². The van der Waals surface area contributed by atoms with E-state index in [4.69, 9.17) is 4.74 Å². The van der Waals surface area contributed by atoms with Crippen molar-refractivity contribution in [3.63, 3.8) is 0 Å². The van der Waals surface area contributed by atoms with Gasteiger partial charge in [-0.1, -0.05) is 12.1 Å². The minimum atomic E-state index is -0.274. The van der Waals surface area contributed by atoms with Crippen molar-refractivity contribution in [2.75, 3.05) is 11.9 Å². The molecule has 0 bridgehead atoms.